The predicted molar refractivity (Wildman–Crippen MR) is 61.7 cm³/mol. The lowest BCUT2D eigenvalue weighted by molar-refractivity contribution is -0.740. The lowest BCUT2D eigenvalue weighted by Gasteiger charge is -2.35. The minimum Gasteiger partial charge on any atom is -0.275 e. The molecule has 2 atom stereocenters. The monoisotopic (exact) mass is 319 g/mol. The quantitative estimate of drug-likeness (QED) is 0.422. The number of nitrogens with zero attached hydrogens (tertiary/aromatic N) is 7. The molecule has 2 aliphatic rings. The summed E-state index contributed by atoms with van der Waals surface area (Å²) in [5.41, 5.74) is 0. The third-order valence-electron chi connectivity index (χ3n) is 3.29. The molecule has 0 aromatic heterocycles. The lowest BCUT2D eigenvalue weighted by atomic mass is 10.2. The Bertz CT molecular complexity index is 531. The van der Waals surface area contributed by atoms with Gasteiger partial charge in [0.25, 0.3) is 6.17 Å². The number of hydrogen-bond acceptors (Lipinski definition) is 8. The van der Waals surface area contributed by atoms with Crippen molar-refractivity contribution >= 4 is 11.9 Å². The first kappa shape index (κ1) is 15.1. The fourth-order valence-electron chi connectivity index (χ4n) is 2.48. The molecule has 0 spiro atoms. The average Bonchev–Trinajstić information content (AvgIpc) is 2.69. The Morgan fingerprint density at radius 3 is 1.82 bits per heavy atom. The summed E-state index contributed by atoms with van der Waals surface area (Å²) in [6.07, 6.45) is -3.68. The Morgan fingerprint density at radius 2 is 1.45 bits per heavy atom. The Hall–Kier alpha value is -3.26. The molecule has 2 aliphatic heterocycles. The molecular weight excluding hydrogens is 310 g/mol. The summed E-state index contributed by atoms with van der Waals surface area (Å²) >= 11 is 0. The van der Waals surface area contributed by atoms with Crippen LogP contribution in [-0.2, 0) is 4.79 Å². The summed E-state index contributed by atoms with van der Waals surface area (Å²) in [4.78, 5) is 56.8. The number of carbonyl (C=O) groups is 2. The third kappa shape index (κ3) is 1.98. The molecule has 15 nitrogen and oxygen atoms in total. The number of fused-ring (bicyclic) bond motifs is 1. The van der Waals surface area contributed by atoms with Crippen molar-refractivity contribution in [3.05, 3.63) is 30.3 Å². The smallest absolute Gasteiger partial charge is 0.275 e. The molecule has 22 heavy (non-hydrogen) atoms. The van der Waals surface area contributed by atoms with Crippen molar-refractivity contribution in [3.8, 4) is 0 Å². The zero-order chi connectivity index (χ0) is 16.8. The van der Waals surface area contributed by atoms with Crippen molar-refractivity contribution < 1.29 is 24.7 Å². The van der Waals surface area contributed by atoms with E-state index in [1.54, 1.807) is 0 Å². The normalized spacial score (nSPS) is 24.3. The number of amides is 3. The van der Waals surface area contributed by atoms with Crippen molar-refractivity contribution in [2.75, 3.05) is 13.1 Å². The van der Waals surface area contributed by atoms with E-state index in [0.29, 0.717) is 10.0 Å². The molecule has 0 aromatic carbocycles. The topological polar surface area (TPSA) is 177 Å². The maximum atomic E-state index is 12.0. The molecule has 2 saturated heterocycles. The molecular formula is C7H9N7O8. The lowest BCUT2D eigenvalue weighted by Crippen LogP contribution is -2.67. The number of nitro groups is 3. The molecule has 15 heteroatoms. The van der Waals surface area contributed by atoms with Gasteiger partial charge >= 0.3 is 6.03 Å². The Labute approximate surface area is 120 Å². The van der Waals surface area contributed by atoms with Crippen LogP contribution in [0.5, 0.6) is 0 Å². The summed E-state index contributed by atoms with van der Waals surface area (Å²) in [5, 5.41) is 30.4. The number of urea groups is 1. The van der Waals surface area contributed by atoms with Gasteiger partial charge < -0.3 is 0 Å². The van der Waals surface area contributed by atoms with Gasteiger partial charge in [0.1, 0.15) is 13.1 Å². The van der Waals surface area contributed by atoms with Crippen LogP contribution in [0.2, 0.25) is 0 Å². The Morgan fingerprint density at radius 1 is 1.00 bits per heavy atom. The summed E-state index contributed by atoms with van der Waals surface area (Å²) < 4.78 is 0. The first-order chi connectivity index (χ1) is 10.2. The summed E-state index contributed by atoms with van der Waals surface area (Å²) in [6, 6.07) is -1.46. The van der Waals surface area contributed by atoms with E-state index >= 15 is 0 Å². The number of piperazine rings is 1. The van der Waals surface area contributed by atoms with Crippen LogP contribution in [0.3, 0.4) is 0 Å². The van der Waals surface area contributed by atoms with E-state index in [9.17, 15) is 39.9 Å². The molecule has 0 aromatic rings. The van der Waals surface area contributed by atoms with Crippen molar-refractivity contribution in [3.63, 3.8) is 0 Å². The summed E-state index contributed by atoms with van der Waals surface area (Å²) in [5.74, 6) is -0.999. The molecule has 0 radical (unpaired) electrons. The zero-order valence-electron chi connectivity index (χ0n) is 11.0. The van der Waals surface area contributed by atoms with Crippen LogP contribution >= 0.6 is 0 Å². The first-order valence-electron chi connectivity index (χ1n) is 5.77. The van der Waals surface area contributed by atoms with Gasteiger partial charge in [-0.1, -0.05) is 10.0 Å². The van der Waals surface area contributed by atoms with Gasteiger partial charge in [-0.15, -0.1) is 0 Å². The largest absolute Gasteiger partial charge is 0.389 e. The van der Waals surface area contributed by atoms with E-state index < -0.39 is 52.5 Å². The Kier molecular flexibility index (Phi) is 3.39. The van der Waals surface area contributed by atoms with Gasteiger partial charge in [0, 0.05) is 6.92 Å². The van der Waals surface area contributed by atoms with Gasteiger partial charge in [-0.2, -0.15) is 0 Å². The zero-order valence-corrected chi connectivity index (χ0v) is 11.0. The van der Waals surface area contributed by atoms with E-state index in [0.717, 1.165) is 6.92 Å². The Balaban J connectivity index is 2.58. The maximum absolute atomic E-state index is 12.0. The molecule has 0 bridgehead atoms. The van der Waals surface area contributed by atoms with Gasteiger partial charge in [0.2, 0.25) is 12.1 Å². The second-order valence-electron chi connectivity index (χ2n) is 4.38. The number of hydrogen-bond donors (Lipinski definition) is 0. The minimum absolute atomic E-state index is 0.148. The van der Waals surface area contributed by atoms with Crippen LogP contribution in [0.4, 0.5) is 4.79 Å². The molecule has 120 valence electrons. The average molecular weight is 319 g/mol. The van der Waals surface area contributed by atoms with Gasteiger partial charge in [-0.05, 0) is 5.01 Å². The van der Waals surface area contributed by atoms with Crippen LogP contribution < -0.4 is 0 Å². The molecule has 0 N–H and O–H groups in total. The van der Waals surface area contributed by atoms with Crippen LogP contribution in [0.1, 0.15) is 6.92 Å². The van der Waals surface area contributed by atoms with Gasteiger partial charge in [0.05, 0.1) is 0 Å². The van der Waals surface area contributed by atoms with Crippen molar-refractivity contribution in [1.82, 2.24) is 19.9 Å². The van der Waals surface area contributed by atoms with Crippen molar-refractivity contribution in [1.29, 1.82) is 0 Å². The SMILES string of the molecule is CC(=O)N1C(=O)N([N+](=O)[O-])C2C1N([N+](=O)[O-])CCN2[N+](=O)[O-]. The fraction of sp³-hybridized carbons (Fsp3) is 0.714. The van der Waals surface area contributed by atoms with Crippen molar-refractivity contribution in [2.45, 2.75) is 19.3 Å². The second-order valence-corrected chi connectivity index (χ2v) is 4.38. The van der Waals surface area contributed by atoms with Crippen LogP contribution in [0.15, 0.2) is 0 Å². The van der Waals surface area contributed by atoms with Crippen LogP contribution in [0.25, 0.3) is 0 Å². The standard InChI is InChI=1S/C7H9N7O8/c1-4(15)10-5-6(11(7(10)16)14(21)22)9(13(19)20)3-2-8(5)12(17)18/h5-6H,2-3H2,1H3. The second kappa shape index (κ2) is 4.93. The number of hydrazine groups is 3. The molecule has 3 amide bonds. The highest BCUT2D eigenvalue weighted by molar-refractivity contribution is 5.95. The first-order valence-corrected chi connectivity index (χ1v) is 5.77. The maximum Gasteiger partial charge on any atom is 0.389 e. The van der Waals surface area contributed by atoms with Crippen molar-refractivity contribution in [2.24, 2.45) is 0 Å². The van der Waals surface area contributed by atoms with E-state index in [1.807, 2.05) is 0 Å². The van der Waals surface area contributed by atoms with Crippen LogP contribution in [0, 0.1) is 30.3 Å². The van der Waals surface area contributed by atoms with E-state index in [2.05, 4.69) is 0 Å². The highest BCUT2D eigenvalue weighted by atomic mass is 16.7. The number of rotatable bonds is 3. The molecule has 0 aliphatic carbocycles. The molecule has 2 heterocycles. The van der Waals surface area contributed by atoms with Gasteiger partial charge in [-0.25, -0.2) is 40.0 Å². The highest BCUT2D eigenvalue weighted by Gasteiger charge is 2.66. The number of carbonyl (C=O) groups excluding carboxylic acids is 2. The third-order valence-corrected chi connectivity index (χ3v) is 3.29. The fourth-order valence-corrected chi connectivity index (χ4v) is 2.48. The molecule has 2 rings (SSSR count). The molecule has 2 unspecified atom stereocenters. The van der Waals surface area contributed by atoms with E-state index in [1.165, 1.54) is 0 Å². The molecule has 2 fully saturated rings. The number of imide groups is 1. The van der Waals surface area contributed by atoms with Gasteiger partial charge in [0.15, 0.2) is 15.1 Å². The molecule has 0 saturated carbocycles. The highest BCUT2D eigenvalue weighted by Crippen LogP contribution is 2.31. The van der Waals surface area contributed by atoms with Crippen LogP contribution in [-0.4, -0.2) is 72.4 Å². The minimum atomic E-state index is -1.90. The summed E-state index contributed by atoms with van der Waals surface area (Å²) in [7, 11) is 0. The summed E-state index contributed by atoms with van der Waals surface area (Å²) in [6.45, 7) is -0.141. The van der Waals surface area contributed by atoms with E-state index in [-0.39, 0.29) is 9.91 Å². The van der Waals surface area contributed by atoms with Gasteiger partial charge in [-0.3, -0.25) is 4.79 Å². The predicted octanol–water partition coefficient (Wildman–Crippen LogP) is -1.88. The van der Waals surface area contributed by atoms with E-state index in [4.69, 9.17) is 0 Å².